The molecule has 0 aliphatic rings. The van der Waals surface area contributed by atoms with Gasteiger partial charge >= 0.3 is 0 Å². The van der Waals surface area contributed by atoms with Gasteiger partial charge in [-0.3, -0.25) is 9.59 Å². The number of nitrogens with one attached hydrogen (secondary N) is 2. The molecule has 2 amide bonds. The first-order valence-electron chi connectivity index (χ1n) is 7.59. The number of carbonyl (C=O) groups excluding carboxylic acids is 2. The molecule has 0 bridgehead atoms. The molecular formula is C17H26N2O4. The van der Waals surface area contributed by atoms with Crippen molar-refractivity contribution in [1.82, 2.24) is 10.6 Å². The van der Waals surface area contributed by atoms with E-state index >= 15 is 0 Å². The Morgan fingerprint density at radius 1 is 1.04 bits per heavy atom. The molecule has 2 N–H and O–H groups in total. The van der Waals surface area contributed by atoms with E-state index in [0.29, 0.717) is 11.5 Å². The molecule has 6 heteroatoms. The van der Waals surface area contributed by atoms with Gasteiger partial charge in [0.25, 0.3) is 0 Å². The summed E-state index contributed by atoms with van der Waals surface area (Å²) in [7, 11) is 3.16. The summed E-state index contributed by atoms with van der Waals surface area (Å²) in [5, 5.41) is 5.60. The van der Waals surface area contributed by atoms with Crippen LogP contribution in [0.15, 0.2) is 18.2 Å². The summed E-state index contributed by atoms with van der Waals surface area (Å²) >= 11 is 0. The van der Waals surface area contributed by atoms with E-state index in [4.69, 9.17) is 9.47 Å². The minimum absolute atomic E-state index is 0.0155. The van der Waals surface area contributed by atoms with Crippen molar-refractivity contribution >= 4 is 11.8 Å². The fourth-order valence-corrected chi connectivity index (χ4v) is 2.31. The Kier molecular flexibility index (Phi) is 6.88. The first-order chi connectivity index (χ1) is 10.8. The van der Waals surface area contributed by atoms with E-state index in [1.165, 1.54) is 6.92 Å². The molecule has 1 aromatic carbocycles. The van der Waals surface area contributed by atoms with Crippen molar-refractivity contribution in [2.45, 2.75) is 39.8 Å². The van der Waals surface area contributed by atoms with Crippen LogP contribution in [0.25, 0.3) is 0 Å². The predicted octanol–water partition coefficient (Wildman–Crippen LogP) is 2.04. The van der Waals surface area contributed by atoms with E-state index in [9.17, 15) is 9.59 Å². The van der Waals surface area contributed by atoms with Crippen LogP contribution < -0.4 is 20.1 Å². The van der Waals surface area contributed by atoms with Gasteiger partial charge in [0.15, 0.2) is 0 Å². The molecule has 2 atom stereocenters. The van der Waals surface area contributed by atoms with E-state index in [2.05, 4.69) is 10.6 Å². The summed E-state index contributed by atoms with van der Waals surface area (Å²) in [6.45, 7) is 7.03. The van der Waals surface area contributed by atoms with Crippen molar-refractivity contribution in [3.05, 3.63) is 23.8 Å². The van der Waals surface area contributed by atoms with Gasteiger partial charge in [-0.25, -0.2) is 0 Å². The van der Waals surface area contributed by atoms with Crippen molar-refractivity contribution < 1.29 is 19.1 Å². The van der Waals surface area contributed by atoms with E-state index in [1.54, 1.807) is 26.4 Å². The molecule has 0 unspecified atom stereocenters. The average molecular weight is 322 g/mol. The third-order valence-electron chi connectivity index (χ3n) is 3.57. The largest absolute Gasteiger partial charge is 0.497 e. The maximum atomic E-state index is 12.5. The van der Waals surface area contributed by atoms with Gasteiger partial charge in [0.05, 0.1) is 20.3 Å². The van der Waals surface area contributed by atoms with Crippen LogP contribution in [-0.4, -0.2) is 32.1 Å². The number of rotatable bonds is 7. The highest BCUT2D eigenvalue weighted by Crippen LogP contribution is 2.29. The van der Waals surface area contributed by atoms with Gasteiger partial charge in [-0.1, -0.05) is 13.8 Å². The average Bonchev–Trinajstić information content (AvgIpc) is 2.51. The summed E-state index contributed by atoms with van der Waals surface area (Å²) in [5.74, 6) is 0.875. The highest BCUT2D eigenvalue weighted by Gasteiger charge is 2.25. The lowest BCUT2D eigenvalue weighted by Crippen LogP contribution is -2.49. The molecule has 0 radical (unpaired) electrons. The summed E-state index contributed by atoms with van der Waals surface area (Å²) < 4.78 is 10.6. The number of hydrogen-bond acceptors (Lipinski definition) is 4. The van der Waals surface area contributed by atoms with Crippen molar-refractivity contribution in [3.63, 3.8) is 0 Å². The van der Waals surface area contributed by atoms with Gasteiger partial charge in [0.1, 0.15) is 17.5 Å². The second kappa shape index (κ2) is 8.41. The zero-order valence-electron chi connectivity index (χ0n) is 14.6. The fourth-order valence-electron chi connectivity index (χ4n) is 2.31. The molecule has 0 saturated heterocycles. The molecule has 128 valence electrons. The first-order valence-corrected chi connectivity index (χ1v) is 7.59. The summed E-state index contributed by atoms with van der Waals surface area (Å²) in [4.78, 5) is 23.7. The summed E-state index contributed by atoms with van der Waals surface area (Å²) in [6.07, 6.45) is 0. The predicted molar refractivity (Wildman–Crippen MR) is 88.5 cm³/mol. The molecule has 0 spiro atoms. The molecule has 23 heavy (non-hydrogen) atoms. The highest BCUT2D eigenvalue weighted by molar-refractivity contribution is 5.87. The molecular weight excluding hydrogens is 296 g/mol. The van der Waals surface area contributed by atoms with Gasteiger partial charge in [0.2, 0.25) is 11.8 Å². The topological polar surface area (TPSA) is 76.7 Å². The lowest BCUT2D eigenvalue weighted by atomic mass is 10.0. The maximum Gasteiger partial charge on any atom is 0.243 e. The normalized spacial score (nSPS) is 13.2. The lowest BCUT2D eigenvalue weighted by Gasteiger charge is -2.24. The third kappa shape index (κ3) is 5.16. The minimum atomic E-state index is -0.577. The monoisotopic (exact) mass is 322 g/mol. The van der Waals surface area contributed by atoms with Crippen LogP contribution in [0.1, 0.15) is 39.3 Å². The van der Waals surface area contributed by atoms with Gasteiger partial charge in [-0.05, 0) is 31.0 Å². The molecule has 6 nitrogen and oxygen atoms in total. The molecule has 0 saturated carbocycles. The van der Waals surface area contributed by atoms with Gasteiger partial charge in [0, 0.05) is 12.5 Å². The van der Waals surface area contributed by atoms with Crippen molar-refractivity contribution in [1.29, 1.82) is 0 Å². The van der Waals surface area contributed by atoms with E-state index < -0.39 is 6.04 Å². The van der Waals surface area contributed by atoms with Crippen LogP contribution in [0.4, 0.5) is 0 Å². The van der Waals surface area contributed by atoms with Gasteiger partial charge in [-0.15, -0.1) is 0 Å². The van der Waals surface area contributed by atoms with Gasteiger partial charge in [-0.2, -0.15) is 0 Å². The number of amides is 2. The molecule has 0 fully saturated rings. The van der Waals surface area contributed by atoms with E-state index in [1.807, 2.05) is 26.8 Å². The SMILES string of the molecule is COc1ccc(OC)c([C@@H](C)NC(=O)[C@@H](NC(C)=O)C(C)C)c1. The Bertz CT molecular complexity index is 558. The molecule has 0 aliphatic heterocycles. The van der Waals surface area contributed by atoms with Crippen molar-refractivity contribution in [3.8, 4) is 11.5 Å². The van der Waals surface area contributed by atoms with E-state index in [0.717, 1.165) is 5.56 Å². The van der Waals surface area contributed by atoms with Crippen molar-refractivity contribution in [2.75, 3.05) is 14.2 Å². The van der Waals surface area contributed by atoms with Crippen LogP contribution >= 0.6 is 0 Å². The number of ether oxygens (including phenoxy) is 2. The fraction of sp³-hybridized carbons (Fsp3) is 0.529. The van der Waals surface area contributed by atoms with E-state index in [-0.39, 0.29) is 23.8 Å². The zero-order chi connectivity index (χ0) is 17.6. The smallest absolute Gasteiger partial charge is 0.243 e. The Labute approximate surface area is 137 Å². The van der Waals surface area contributed by atoms with Crippen LogP contribution in [0.5, 0.6) is 11.5 Å². The number of methoxy groups -OCH3 is 2. The second-order valence-electron chi connectivity index (χ2n) is 5.76. The molecule has 1 aromatic rings. The first kappa shape index (κ1) is 18.8. The molecule has 0 aliphatic carbocycles. The van der Waals surface area contributed by atoms with Crippen LogP contribution in [0.2, 0.25) is 0 Å². The quantitative estimate of drug-likeness (QED) is 0.805. The Hall–Kier alpha value is -2.24. The molecule has 0 heterocycles. The van der Waals surface area contributed by atoms with Crippen LogP contribution in [0, 0.1) is 5.92 Å². The Morgan fingerprint density at radius 3 is 2.17 bits per heavy atom. The lowest BCUT2D eigenvalue weighted by molar-refractivity contribution is -0.129. The summed E-state index contributed by atoms with van der Waals surface area (Å²) in [5.41, 5.74) is 0.811. The number of hydrogen-bond donors (Lipinski definition) is 2. The second-order valence-corrected chi connectivity index (χ2v) is 5.76. The standard InChI is InChI=1S/C17H26N2O4/c1-10(2)16(19-12(4)20)17(21)18-11(3)14-9-13(22-5)7-8-15(14)23-6/h7-11,16H,1-6H3,(H,18,21)(H,19,20)/t11-,16+/m1/s1. The highest BCUT2D eigenvalue weighted by atomic mass is 16.5. The maximum absolute atomic E-state index is 12.5. The van der Waals surface area contributed by atoms with Crippen LogP contribution in [-0.2, 0) is 9.59 Å². The minimum Gasteiger partial charge on any atom is -0.497 e. The summed E-state index contributed by atoms with van der Waals surface area (Å²) in [6, 6.07) is 4.55. The van der Waals surface area contributed by atoms with Crippen LogP contribution in [0.3, 0.4) is 0 Å². The van der Waals surface area contributed by atoms with Gasteiger partial charge < -0.3 is 20.1 Å². The Morgan fingerprint density at radius 2 is 1.70 bits per heavy atom. The third-order valence-corrected chi connectivity index (χ3v) is 3.57. The zero-order valence-corrected chi connectivity index (χ0v) is 14.6. The number of benzene rings is 1. The number of carbonyl (C=O) groups is 2. The Balaban J connectivity index is 2.95. The van der Waals surface area contributed by atoms with Crippen molar-refractivity contribution in [2.24, 2.45) is 5.92 Å². The molecule has 0 aromatic heterocycles. The molecule has 1 rings (SSSR count).